The Labute approximate surface area is 673 Å². The molecule has 0 N–H and O–H groups in total. The van der Waals surface area contributed by atoms with E-state index in [2.05, 4.69) is 258 Å². The molecular weight excluding hydrogens is 1380 g/mol. The Hall–Kier alpha value is -9.78. The van der Waals surface area contributed by atoms with E-state index in [1.54, 1.807) is 0 Å². The molecule has 1 aliphatic rings. The van der Waals surface area contributed by atoms with Crippen LogP contribution in [0.15, 0.2) is 364 Å². The highest BCUT2D eigenvalue weighted by atomic mass is 19.4. The number of unbranched alkanes of at least 4 members (excludes halogenated alkanes) is 2. The van der Waals surface area contributed by atoms with E-state index in [0.717, 1.165) is 55.0 Å². The number of fused-ring (bicyclic) bond motifs is 3. The summed E-state index contributed by atoms with van der Waals surface area (Å²) in [7, 11) is 0. The number of benzene rings is 12. The van der Waals surface area contributed by atoms with E-state index in [-0.39, 0.29) is 10.8 Å². The Morgan fingerprint density at radius 2 is 0.405 bits per heavy atom. The van der Waals surface area contributed by atoms with Gasteiger partial charge in [0.25, 0.3) is 0 Å². The summed E-state index contributed by atoms with van der Waals surface area (Å²) in [6.07, 6.45) is -5.93. The number of hydrogen-bond acceptors (Lipinski definition) is 0. The fourth-order valence-electron chi connectivity index (χ4n) is 11.2. The average Bonchev–Trinajstić information content (AvgIpc) is 1.63. The molecule has 111 heavy (non-hydrogen) atoms. The van der Waals surface area contributed by atoms with Gasteiger partial charge in [0.05, 0.1) is 5.41 Å². The second-order valence-corrected chi connectivity index (χ2v) is 22.2. The normalized spacial score (nSPS) is 10.1. The SMILES string of the molecule is CC.CC.CC.CC.CC.CC.CC.CC.CC.CC.CC(C)(c1ccccc1)c1ccccc1.CCCCC.FC(F)(F)C(c1ccccc1)(c1ccccc1)C(F)(F)F.c1ccc(C2(c3ccccc3)c3ccccc3-c3ccccc32)cc1.c1ccc(Cc2ccccc2)cc1.c1ccccc1.c1ccccc1. The van der Waals surface area contributed by atoms with Gasteiger partial charge in [-0.2, -0.15) is 26.3 Å². The summed E-state index contributed by atoms with van der Waals surface area (Å²) in [5.41, 5.74) is 7.60. The van der Waals surface area contributed by atoms with Crippen molar-refractivity contribution in [3.8, 4) is 11.1 Å². The van der Waals surface area contributed by atoms with Gasteiger partial charge in [-0.1, -0.05) is 549 Å². The molecule has 0 spiro atoms. The molecule has 0 aliphatic heterocycles. The van der Waals surface area contributed by atoms with Crippen LogP contribution in [-0.2, 0) is 22.7 Å². The van der Waals surface area contributed by atoms with E-state index in [1.165, 1.54) is 87.0 Å². The highest BCUT2D eigenvalue weighted by Crippen LogP contribution is 2.57. The van der Waals surface area contributed by atoms with Crippen molar-refractivity contribution in [2.75, 3.05) is 0 Å². The van der Waals surface area contributed by atoms with Crippen LogP contribution in [0, 0.1) is 0 Å². The molecule has 0 unspecified atom stereocenters. The van der Waals surface area contributed by atoms with Crippen LogP contribution in [0.4, 0.5) is 26.3 Å². The molecule has 12 aromatic rings. The summed E-state index contributed by atoms with van der Waals surface area (Å²) in [4.78, 5) is 0. The third-order valence-electron chi connectivity index (χ3n) is 15.8. The van der Waals surface area contributed by atoms with E-state index >= 15 is 0 Å². The van der Waals surface area contributed by atoms with Gasteiger partial charge in [0.1, 0.15) is 0 Å². The lowest BCUT2D eigenvalue weighted by molar-refractivity contribution is -0.288. The quantitative estimate of drug-likeness (QED) is 0.120. The Bertz CT molecular complexity index is 3540. The number of rotatable bonds is 10. The zero-order valence-electron chi connectivity index (χ0n) is 72.2. The van der Waals surface area contributed by atoms with Crippen LogP contribution in [0.5, 0.6) is 0 Å². The van der Waals surface area contributed by atoms with Crippen molar-refractivity contribution < 1.29 is 26.3 Å². The summed E-state index contributed by atoms with van der Waals surface area (Å²) in [6, 6.07) is 117. The first-order valence-electron chi connectivity index (χ1n) is 40.9. The molecule has 0 heterocycles. The topological polar surface area (TPSA) is 0 Å². The van der Waals surface area contributed by atoms with E-state index in [4.69, 9.17) is 0 Å². The molecule has 0 amide bonds. The van der Waals surface area contributed by atoms with Gasteiger partial charge in [0.15, 0.2) is 0 Å². The van der Waals surface area contributed by atoms with E-state index < -0.39 is 28.9 Å². The van der Waals surface area contributed by atoms with Crippen LogP contribution in [0.2, 0.25) is 0 Å². The van der Waals surface area contributed by atoms with Gasteiger partial charge < -0.3 is 0 Å². The second-order valence-electron chi connectivity index (χ2n) is 22.2. The van der Waals surface area contributed by atoms with Crippen LogP contribution in [0.1, 0.15) is 241 Å². The molecule has 0 bridgehead atoms. The maximum Gasteiger partial charge on any atom is 0.411 e. The summed E-state index contributed by atoms with van der Waals surface area (Å²) >= 11 is 0. The molecule has 0 saturated carbocycles. The highest BCUT2D eigenvalue weighted by Gasteiger charge is 2.72. The van der Waals surface area contributed by atoms with E-state index in [0.29, 0.717) is 0 Å². The Morgan fingerprint density at radius 3 is 0.613 bits per heavy atom. The largest absolute Gasteiger partial charge is 0.411 e. The van der Waals surface area contributed by atoms with Gasteiger partial charge >= 0.3 is 12.4 Å². The van der Waals surface area contributed by atoms with Crippen molar-refractivity contribution in [2.45, 2.75) is 220 Å². The zero-order chi connectivity index (χ0) is 84.7. The maximum atomic E-state index is 13.5. The minimum absolute atomic E-state index is 0.0858. The third-order valence-corrected chi connectivity index (χ3v) is 15.8. The van der Waals surface area contributed by atoms with E-state index in [1.807, 2.05) is 211 Å². The van der Waals surface area contributed by atoms with Crippen LogP contribution in [0.25, 0.3) is 11.1 Å². The minimum atomic E-state index is -5.52. The van der Waals surface area contributed by atoms with Gasteiger partial charge in [0.2, 0.25) is 5.41 Å². The molecule has 0 fully saturated rings. The summed E-state index contributed by atoms with van der Waals surface area (Å²) in [5, 5.41) is 0. The van der Waals surface area contributed by atoms with Crippen molar-refractivity contribution in [1.82, 2.24) is 0 Å². The van der Waals surface area contributed by atoms with Crippen molar-refractivity contribution >= 4 is 0 Å². The fourth-order valence-corrected chi connectivity index (χ4v) is 11.2. The van der Waals surface area contributed by atoms with Crippen molar-refractivity contribution in [1.29, 1.82) is 0 Å². The molecule has 0 saturated heterocycles. The Balaban J connectivity index is -0.000000607. The van der Waals surface area contributed by atoms with Crippen molar-refractivity contribution in [3.05, 3.63) is 420 Å². The predicted molar refractivity (Wildman–Crippen MR) is 482 cm³/mol. The maximum absolute atomic E-state index is 13.5. The summed E-state index contributed by atoms with van der Waals surface area (Å²) in [6.45, 7) is 48.9. The van der Waals surface area contributed by atoms with Crippen LogP contribution in [-0.4, -0.2) is 12.4 Å². The first kappa shape index (κ1) is 108. The predicted octanol–water partition coefficient (Wildman–Crippen LogP) is 34.3. The molecule has 12 aromatic carbocycles. The summed E-state index contributed by atoms with van der Waals surface area (Å²) in [5.74, 6) is 0. The molecule has 602 valence electrons. The lowest BCUT2D eigenvalue weighted by Gasteiger charge is -2.38. The second kappa shape index (κ2) is 68.3. The number of hydrogen-bond donors (Lipinski definition) is 0. The van der Waals surface area contributed by atoms with Gasteiger partial charge in [-0.25, -0.2) is 0 Å². The first-order valence-corrected chi connectivity index (χ1v) is 40.9. The lowest BCUT2D eigenvalue weighted by atomic mass is 9.68. The van der Waals surface area contributed by atoms with Crippen molar-refractivity contribution in [2.24, 2.45) is 0 Å². The molecule has 0 aromatic heterocycles. The average molecular weight is 1520 g/mol. The first-order chi connectivity index (χ1) is 54.2. The van der Waals surface area contributed by atoms with Gasteiger partial charge in [-0.05, 0) is 73.2 Å². The molecule has 0 radical (unpaired) electrons. The smallest absolute Gasteiger partial charge is 0.169 e. The number of halogens is 6. The summed E-state index contributed by atoms with van der Waals surface area (Å²) < 4.78 is 81.1. The van der Waals surface area contributed by atoms with Gasteiger partial charge in [-0.15, -0.1) is 0 Å². The standard InChI is InChI=1S/C25H18.C15H10F6.C15H16.C13H12.2C6H6.C5H12.10C2H6/c1-3-11-19(12-4-1)25(20-13-5-2-6-14-20)23-17-9-7-15-21(23)22-16-8-10-18-24(22)25;16-14(17,18)13(15(19,20)21,11-7-3-1-4-8-11)12-9-5-2-6-10-12;1-15(2,13-9-5-3-6-10-13)14-11-7-4-8-12-14;1-3-7-12(8-4-1)11-13-9-5-2-6-10-13;2*1-2-4-6-5-3-1;1-3-5-4-2;10*1-2/h1-18H;1-10H;3-12H,1-2H3;1-10H,11H2;2*1-6H;3-5H2,1-2H3;10*1-2H3. The van der Waals surface area contributed by atoms with Crippen LogP contribution >= 0.6 is 0 Å². The van der Waals surface area contributed by atoms with E-state index in [9.17, 15) is 26.3 Å². The third kappa shape index (κ3) is 35.9. The molecule has 0 nitrogen and oxygen atoms in total. The molecule has 1 aliphatic carbocycles. The monoisotopic (exact) mass is 1520 g/mol. The zero-order valence-corrected chi connectivity index (χ0v) is 72.2. The lowest BCUT2D eigenvalue weighted by Crippen LogP contribution is -2.54. The Kier molecular flexibility index (Phi) is 66.2. The fraction of sp³-hybridized carbons (Fsp3) is 0.314. The van der Waals surface area contributed by atoms with Gasteiger partial charge in [0, 0.05) is 5.41 Å². The van der Waals surface area contributed by atoms with Crippen molar-refractivity contribution in [3.63, 3.8) is 0 Å². The van der Waals surface area contributed by atoms with Gasteiger partial charge in [-0.3, -0.25) is 0 Å². The number of alkyl halides is 6. The molecule has 0 atom stereocenters. The minimum Gasteiger partial charge on any atom is -0.169 e. The van der Waals surface area contributed by atoms with Crippen LogP contribution < -0.4 is 0 Å². The highest BCUT2D eigenvalue weighted by molar-refractivity contribution is 5.86. The molecular formula is C105H140F6. The Morgan fingerprint density at radius 1 is 0.225 bits per heavy atom. The molecule has 13 rings (SSSR count). The van der Waals surface area contributed by atoms with Crippen LogP contribution in [0.3, 0.4) is 0 Å². The molecule has 6 heteroatoms.